The maximum absolute atomic E-state index is 12.9. The Bertz CT molecular complexity index is 599. The second-order valence-corrected chi connectivity index (χ2v) is 7.20. The van der Waals surface area contributed by atoms with Crippen molar-refractivity contribution in [2.45, 2.75) is 44.0 Å². The lowest BCUT2D eigenvalue weighted by Gasteiger charge is -2.34. The van der Waals surface area contributed by atoms with Gasteiger partial charge in [0.2, 0.25) is 10.0 Å². The Morgan fingerprint density at radius 2 is 2.05 bits per heavy atom. The summed E-state index contributed by atoms with van der Waals surface area (Å²) in [6, 6.07) is 3.12. The van der Waals surface area contributed by atoms with Crippen LogP contribution in [0.5, 0.6) is 0 Å². The molecule has 1 fully saturated rings. The van der Waals surface area contributed by atoms with Crippen LogP contribution in [-0.2, 0) is 10.0 Å². The van der Waals surface area contributed by atoms with Crippen molar-refractivity contribution in [2.24, 2.45) is 0 Å². The summed E-state index contributed by atoms with van der Waals surface area (Å²) in [6.07, 6.45) is 2.46. The van der Waals surface area contributed by atoms with E-state index in [1.165, 1.54) is 4.31 Å². The van der Waals surface area contributed by atoms with Crippen molar-refractivity contribution in [3.05, 3.63) is 23.3 Å². The van der Waals surface area contributed by atoms with E-state index in [1.54, 1.807) is 13.0 Å². The molecule has 6 heteroatoms. The highest BCUT2D eigenvalue weighted by Crippen LogP contribution is 2.31. The minimum atomic E-state index is -3.66. The number of rotatable bonds is 3. The third-order valence-corrected chi connectivity index (χ3v) is 6.21. The van der Waals surface area contributed by atoms with E-state index in [0.29, 0.717) is 18.5 Å². The number of anilines is 1. The lowest BCUT2D eigenvalue weighted by Crippen LogP contribution is -2.45. The van der Waals surface area contributed by atoms with Gasteiger partial charge in [-0.25, -0.2) is 8.42 Å². The molecule has 0 amide bonds. The fraction of sp³-hybridized carbons (Fsp3) is 0.571. The largest absolute Gasteiger partial charge is 0.398 e. The van der Waals surface area contributed by atoms with Crippen LogP contribution in [0, 0.1) is 13.8 Å². The van der Waals surface area contributed by atoms with E-state index in [2.05, 4.69) is 0 Å². The molecule has 112 valence electrons. The van der Waals surface area contributed by atoms with Gasteiger partial charge in [0, 0.05) is 12.6 Å². The van der Waals surface area contributed by atoms with Crippen LogP contribution >= 0.6 is 0 Å². The van der Waals surface area contributed by atoms with E-state index >= 15 is 0 Å². The normalized spacial score (nSPS) is 21.1. The standard InChI is InChI=1S/C14H22N2O3S/c1-10-6-7-13(15)14(11(10)2)20(18,19)16-8-4-3-5-12(16)9-17/h6-7,12,17H,3-5,8-9,15H2,1-2H3. The first-order valence-corrected chi connectivity index (χ1v) is 8.32. The zero-order valence-corrected chi connectivity index (χ0v) is 12.8. The van der Waals surface area contributed by atoms with Crippen LogP contribution in [0.4, 0.5) is 5.69 Å². The Balaban J connectivity index is 2.52. The summed E-state index contributed by atoms with van der Waals surface area (Å²) in [7, 11) is -3.66. The molecule has 2 rings (SSSR count). The molecule has 1 unspecified atom stereocenters. The Hall–Kier alpha value is -1.11. The van der Waals surface area contributed by atoms with Crippen LogP contribution < -0.4 is 5.73 Å². The molecular formula is C14H22N2O3S. The molecule has 1 aliphatic rings. The van der Waals surface area contributed by atoms with Gasteiger partial charge >= 0.3 is 0 Å². The molecule has 1 aromatic rings. The highest BCUT2D eigenvalue weighted by Gasteiger charge is 2.35. The van der Waals surface area contributed by atoms with Crippen LogP contribution in [0.25, 0.3) is 0 Å². The molecule has 5 nitrogen and oxygen atoms in total. The molecule has 1 atom stereocenters. The Morgan fingerprint density at radius 3 is 2.70 bits per heavy atom. The molecule has 3 N–H and O–H groups in total. The molecule has 1 saturated heterocycles. The van der Waals surface area contributed by atoms with E-state index in [9.17, 15) is 13.5 Å². The van der Waals surface area contributed by atoms with Crippen molar-refractivity contribution in [3.63, 3.8) is 0 Å². The van der Waals surface area contributed by atoms with Gasteiger partial charge in [-0.05, 0) is 43.9 Å². The summed E-state index contributed by atoms with van der Waals surface area (Å²) in [4.78, 5) is 0.192. The fourth-order valence-corrected chi connectivity index (χ4v) is 4.83. The molecule has 1 heterocycles. The fourth-order valence-electron chi connectivity index (χ4n) is 2.74. The number of nitrogens with zero attached hydrogens (tertiary/aromatic N) is 1. The third-order valence-electron chi connectivity index (χ3n) is 4.06. The van der Waals surface area contributed by atoms with Crippen LogP contribution in [0.2, 0.25) is 0 Å². The average Bonchev–Trinajstić information content (AvgIpc) is 2.43. The second kappa shape index (κ2) is 5.71. The monoisotopic (exact) mass is 298 g/mol. The van der Waals surface area contributed by atoms with E-state index in [-0.39, 0.29) is 23.2 Å². The van der Waals surface area contributed by atoms with Gasteiger partial charge in [-0.15, -0.1) is 0 Å². The Morgan fingerprint density at radius 1 is 1.35 bits per heavy atom. The highest BCUT2D eigenvalue weighted by molar-refractivity contribution is 7.89. The van der Waals surface area contributed by atoms with E-state index in [4.69, 9.17) is 5.73 Å². The summed E-state index contributed by atoms with van der Waals surface area (Å²) in [5.41, 5.74) is 7.76. The number of nitrogen functional groups attached to an aromatic ring is 1. The average molecular weight is 298 g/mol. The summed E-state index contributed by atoms with van der Waals surface area (Å²) in [5, 5.41) is 9.43. The molecule has 1 aliphatic heterocycles. The predicted octanol–water partition coefficient (Wildman–Crippen LogP) is 1.42. The smallest absolute Gasteiger partial charge is 0.245 e. The minimum Gasteiger partial charge on any atom is -0.398 e. The van der Waals surface area contributed by atoms with Gasteiger partial charge in [-0.1, -0.05) is 12.5 Å². The number of benzene rings is 1. The summed E-state index contributed by atoms with van der Waals surface area (Å²) < 4.78 is 27.2. The highest BCUT2D eigenvalue weighted by atomic mass is 32.2. The summed E-state index contributed by atoms with van der Waals surface area (Å²) in [5.74, 6) is 0. The first kappa shape index (κ1) is 15.3. The lowest BCUT2D eigenvalue weighted by atomic mass is 10.1. The quantitative estimate of drug-likeness (QED) is 0.827. The molecule has 0 spiro atoms. The first-order chi connectivity index (χ1) is 9.39. The zero-order chi connectivity index (χ0) is 14.9. The summed E-state index contributed by atoms with van der Waals surface area (Å²) >= 11 is 0. The van der Waals surface area contributed by atoms with Crippen molar-refractivity contribution in [1.29, 1.82) is 0 Å². The third kappa shape index (κ3) is 2.55. The zero-order valence-electron chi connectivity index (χ0n) is 12.0. The predicted molar refractivity (Wildman–Crippen MR) is 78.9 cm³/mol. The maximum Gasteiger partial charge on any atom is 0.245 e. The van der Waals surface area contributed by atoms with E-state index < -0.39 is 10.0 Å². The molecule has 0 aromatic heterocycles. The summed E-state index contributed by atoms with van der Waals surface area (Å²) in [6.45, 7) is 3.94. The van der Waals surface area contributed by atoms with Gasteiger partial charge < -0.3 is 10.8 Å². The molecular weight excluding hydrogens is 276 g/mol. The van der Waals surface area contributed by atoms with Crippen LogP contribution in [0.1, 0.15) is 30.4 Å². The van der Waals surface area contributed by atoms with Crippen LogP contribution in [0.15, 0.2) is 17.0 Å². The molecule has 0 bridgehead atoms. The number of aryl methyl sites for hydroxylation is 1. The maximum atomic E-state index is 12.9. The van der Waals surface area contributed by atoms with E-state index in [0.717, 1.165) is 18.4 Å². The SMILES string of the molecule is Cc1ccc(N)c(S(=O)(=O)N2CCCCC2CO)c1C. The van der Waals surface area contributed by atoms with Gasteiger partial charge in [0.25, 0.3) is 0 Å². The molecule has 20 heavy (non-hydrogen) atoms. The van der Waals surface area contributed by atoms with Gasteiger partial charge in [-0.2, -0.15) is 4.31 Å². The van der Waals surface area contributed by atoms with Crippen molar-refractivity contribution in [3.8, 4) is 0 Å². The molecule has 1 aromatic carbocycles. The molecule has 0 saturated carbocycles. The van der Waals surface area contributed by atoms with Crippen LogP contribution in [0.3, 0.4) is 0 Å². The lowest BCUT2D eigenvalue weighted by molar-refractivity contribution is 0.155. The number of nitrogens with two attached hydrogens (primary N) is 1. The topological polar surface area (TPSA) is 83.6 Å². The number of hydrogen-bond acceptors (Lipinski definition) is 4. The number of sulfonamides is 1. The van der Waals surface area contributed by atoms with Crippen molar-refractivity contribution >= 4 is 15.7 Å². The molecule has 0 aliphatic carbocycles. The van der Waals surface area contributed by atoms with Gasteiger partial charge in [0.15, 0.2) is 0 Å². The first-order valence-electron chi connectivity index (χ1n) is 6.88. The van der Waals surface area contributed by atoms with Crippen molar-refractivity contribution < 1.29 is 13.5 Å². The Labute approximate surface area is 120 Å². The van der Waals surface area contributed by atoms with Gasteiger partial charge in [-0.3, -0.25) is 0 Å². The minimum absolute atomic E-state index is 0.149. The van der Waals surface area contributed by atoms with Crippen molar-refractivity contribution in [1.82, 2.24) is 4.31 Å². The Kier molecular flexibility index (Phi) is 4.36. The number of piperidine rings is 1. The number of aliphatic hydroxyl groups excluding tert-OH is 1. The van der Waals surface area contributed by atoms with E-state index in [1.807, 2.05) is 13.0 Å². The van der Waals surface area contributed by atoms with Gasteiger partial charge in [0.1, 0.15) is 4.90 Å². The number of hydrogen-bond donors (Lipinski definition) is 2. The van der Waals surface area contributed by atoms with Gasteiger partial charge in [0.05, 0.1) is 12.3 Å². The number of aliphatic hydroxyl groups is 1. The second-order valence-electron chi connectivity index (χ2n) is 5.37. The molecule has 0 radical (unpaired) electrons. The van der Waals surface area contributed by atoms with Crippen molar-refractivity contribution in [2.75, 3.05) is 18.9 Å². The van der Waals surface area contributed by atoms with Crippen LogP contribution in [-0.4, -0.2) is 37.0 Å².